The number of halogens is 5. The van der Waals surface area contributed by atoms with Crippen molar-refractivity contribution in [2.75, 3.05) is 6.54 Å². The maximum atomic E-state index is 15.1. The van der Waals surface area contributed by atoms with E-state index in [1.54, 1.807) is 19.1 Å². The average Bonchev–Trinajstić information content (AvgIpc) is 3.64. The van der Waals surface area contributed by atoms with Crippen LogP contribution in [0, 0.1) is 19.7 Å². The number of hydrogen-bond donors (Lipinski definition) is 1. The van der Waals surface area contributed by atoms with Gasteiger partial charge in [-0.3, -0.25) is 4.79 Å². The zero-order chi connectivity index (χ0) is 25.5. The molecule has 1 amide bonds. The van der Waals surface area contributed by atoms with Crippen LogP contribution in [0.4, 0.5) is 13.2 Å². The second kappa shape index (κ2) is 9.87. The molecular formula is C24H20Cl2F3N3O2S. The zero-order valence-electron chi connectivity index (χ0n) is 18.7. The second-order valence-corrected chi connectivity index (χ2v) is 10.5. The predicted molar refractivity (Wildman–Crippen MR) is 127 cm³/mol. The van der Waals surface area contributed by atoms with Gasteiger partial charge in [0.1, 0.15) is 16.6 Å². The molecule has 3 aromatic rings. The number of amides is 1. The minimum absolute atomic E-state index is 0.0589. The molecule has 1 atom stereocenters. The fourth-order valence-electron chi connectivity index (χ4n) is 3.65. The van der Waals surface area contributed by atoms with Crippen LogP contribution in [0.3, 0.4) is 0 Å². The molecule has 0 spiro atoms. The molecule has 0 saturated heterocycles. The van der Waals surface area contributed by atoms with E-state index in [2.05, 4.69) is 15.5 Å². The lowest BCUT2D eigenvalue weighted by Crippen LogP contribution is -2.36. The number of rotatable bonds is 7. The minimum atomic E-state index is -3.50. The molecule has 5 nitrogen and oxygen atoms in total. The summed E-state index contributed by atoms with van der Waals surface area (Å²) < 4.78 is 58.1. The number of alkyl halides is 2. The Morgan fingerprint density at radius 1 is 1.17 bits per heavy atom. The van der Waals surface area contributed by atoms with Gasteiger partial charge in [-0.1, -0.05) is 47.5 Å². The van der Waals surface area contributed by atoms with Crippen LogP contribution in [0.15, 0.2) is 46.3 Å². The molecule has 4 rings (SSSR count). The molecule has 11 heteroatoms. The van der Waals surface area contributed by atoms with E-state index in [1.807, 2.05) is 0 Å². The summed E-state index contributed by atoms with van der Waals surface area (Å²) in [6, 6.07) is 8.60. The van der Waals surface area contributed by atoms with Gasteiger partial charge >= 0.3 is 0 Å². The van der Waals surface area contributed by atoms with Crippen LogP contribution >= 0.6 is 23.2 Å². The molecular weight excluding hydrogens is 522 g/mol. The van der Waals surface area contributed by atoms with Crippen molar-refractivity contribution in [2.24, 2.45) is 0 Å². The van der Waals surface area contributed by atoms with Crippen molar-refractivity contribution in [1.82, 2.24) is 15.5 Å². The largest absolute Gasteiger partial charge is 0.346 e. The summed E-state index contributed by atoms with van der Waals surface area (Å²) in [5, 5.41) is 8.95. The van der Waals surface area contributed by atoms with Crippen molar-refractivity contribution in [3.05, 3.63) is 80.2 Å². The molecule has 1 unspecified atom stereocenters. The Morgan fingerprint density at radius 2 is 1.89 bits per heavy atom. The highest BCUT2D eigenvalue weighted by Crippen LogP contribution is 2.42. The number of nitrogens with zero attached hydrogens (tertiary/aromatic N) is 2. The lowest BCUT2D eigenvalue weighted by Gasteiger charge is -2.20. The first-order chi connectivity index (χ1) is 16.5. The smallest absolute Gasteiger partial charge is 0.291 e. The van der Waals surface area contributed by atoms with E-state index >= 15 is 4.39 Å². The number of carbonyl (C=O) groups is 1. The topological polar surface area (TPSA) is 72.0 Å². The van der Waals surface area contributed by atoms with E-state index in [1.165, 1.54) is 31.2 Å². The van der Waals surface area contributed by atoms with E-state index < -0.39 is 40.6 Å². The summed E-state index contributed by atoms with van der Waals surface area (Å²) in [6.07, 6.45) is 1.67. The molecule has 1 aliphatic rings. The van der Waals surface area contributed by atoms with E-state index in [0.717, 1.165) is 12.8 Å². The Balaban J connectivity index is 1.65. The molecule has 1 saturated carbocycles. The van der Waals surface area contributed by atoms with Crippen molar-refractivity contribution in [2.45, 2.75) is 48.5 Å². The fraction of sp³-hybridized carbons (Fsp3) is 0.292. The van der Waals surface area contributed by atoms with Crippen LogP contribution in [0.1, 0.15) is 51.4 Å². The third kappa shape index (κ3) is 5.22. The van der Waals surface area contributed by atoms with Crippen molar-refractivity contribution >= 4 is 39.9 Å². The van der Waals surface area contributed by atoms with Gasteiger partial charge in [0.15, 0.2) is 10.2 Å². The number of carbonyl (C=O) groups excluding carboxylic acids is 1. The zero-order valence-corrected chi connectivity index (χ0v) is 21.0. The minimum Gasteiger partial charge on any atom is -0.346 e. The summed E-state index contributed by atoms with van der Waals surface area (Å²) in [7, 11) is -2.25. The van der Waals surface area contributed by atoms with Crippen LogP contribution in [-0.4, -0.2) is 26.9 Å². The summed E-state index contributed by atoms with van der Waals surface area (Å²) in [4.78, 5) is 12.9. The standard InChI is InChI=1S/C24H20Cl2F3N3O2S/c1-12-6-9-16(17(25)10-12)24(28,29)11-30-22(33)19-13(2)21(26)31-32-23(19)35(34)18-5-3-4-15(20(18)27)14-7-8-14/h3-6,9-10,14H,7-8,11H2,1-2H3,(H,30,33). The Labute approximate surface area is 212 Å². The lowest BCUT2D eigenvalue weighted by molar-refractivity contribution is -0.00242. The Bertz CT molecular complexity index is 1350. The Hall–Kier alpha value is -2.49. The quantitative estimate of drug-likeness (QED) is 0.392. The summed E-state index contributed by atoms with van der Waals surface area (Å²) in [5.74, 6) is -5.08. The molecule has 0 radical (unpaired) electrons. The summed E-state index contributed by atoms with van der Waals surface area (Å²) in [6.45, 7) is 2.04. The maximum absolute atomic E-state index is 15.1. The first-order valence-electron chi connectivity index (χ1n) is 10.7. The van der Waals surface area contributed by atoms with E-state index in [-0.39, 0.29) is 37.1 Å². The number of hydrogen-bond acceptors (Lipinski definition) is 4. The number of aryl methyl sites for hydroxylation is 1. The predicted octanol–water partition coefficient (Wildman–Crippen LogP) is 6.11. The molecule has 0 bridgehead atoms. The van der Waals surface area contributed by atoms with Gasteiger partial charge in [0.2, 0.25) is 0 Å². The normalized spacial score (nSPS) is 14.6. The van der Waals surface area contributed by atoms with Gasteiger partial charge in [0.05, 0.1) is 22.0 Å². The molecule has 1 aromatic heterocycles. The van der Waals surface area contributed by atoms with Gasteiger partial charge in [0, 0.05) is 11.1 Å². The van der Waals surface area contributed by atoms with Crippen molar-refractivity contribution < 1.29 is 22.2 Å². The summed E-state index contributed by atoms with van der Waals surface area (Å²) >= 11 is 12.0. The third-order valence-electron chi connectivity index (χ3n) is 5.73. The molecule has 1 fully saturated rings. The number of benzene rings is 2. The molecule has 0 aliphatic heterocycles. The van der Waals surface area contributed by atoms with Gasteiger partial charge in [-0.25, -0.2) is 8.60 Å². The number of nitrogens with one attached hydrogen (secondary N) is 1. The van der Waals surface area contributed by atoms with E-state index in [4.69, 9.17) is 23.2 Å². The summed E-state index contributed by atoms with van der Waals surface area (Å²) in [5.41, 5.74) is 0.477. The third-order valence-corrected chi connectivity index (χ3v) is 7.75. The lowest BCUT2D eigenvalue weighted by atomic mass is 10.1. The fourth-order valence-corrected chi connectivity index (χ4v) is 5.39. The highest BCUT2D eigenvalue weighted by molar-refractivity contribution is 7.85. The molecule has 35 heavy (non-hydrogen) atoms. The molecule has 1 heterocycles. The SMILES string of the molecule is Cc1ccc(C(F)(F)CNC(=O)c2c(S(=O)c3cccc(C4CC4)c3F)nnc(Cl)c2C)c(Cl)c1. The van der Waals surface area contributed by atoms with Gasteiger partial charge in [-0.15, -0.1) is 10.2 Å². The van der Waals surface area contributed by atoms with E-state index in [9.17, 15) is 17.8 Å². The number of aromatic nitrogens is 2. The van der Waals surface area contributed by atoms with Gasteiger partial charge in [-0.2, -0.15) is 8.78 Å². The first kappa shape index (κ1) is 25.6. The van der Waals surface area contributed by atoms with Gasteiger partial charge < -0.3 is 5.32 Å². The van der Waals surface area contributed by atoms with Crippen LogP contribution < -0.4 is 5.32 Å². The second-order valence-electron chi connectivity index (χ2n) is 8.37. The van der Waals surface area contributed by atoms with Crippen molar-refractivity contribution in [3.63, 3.8) is 0 Å². The Morgan fingerprint density at radius 3 is 2.54 bits per heavy atom. The van der Waals surface area contributed by atoms with Crippen LogP contribution in [0.5, 0.6) is 0 Å². The van der Waals surface area contributed by atoms with E-state index in [0.29, 0.717) is 11.1 Å². The Kier molecular flexibility index (Phi) is 7.22. The first-order valence-corrected chi connectivity index (χ1v) is 12.6. The van der Waals surface area contributed by atoms with Crippen LogP contribution in [0.25, 0.3) is 0 Å². The van der Waals surface area contributed by atoms with Crippen molar-refractivity contribution in [1.29, 1.82) is 0 Å². The van der Waals surface area contributed by atoms with Crippen LogP contribution in [0.2, 0.25) is 10.2 Å². The monoisotopic (exact) mass is 541 g/mol. The molecule has 184 valence electrons. The molecule has 1 N–H and O–H groups in total. The molecule has 1 aliphatic carbocycles. The maximum Gasteiger partial charge on any atom is 0.291 e. The highest BCUT2D eigenvalue weighted by atomic mass is 35.5. The van der Waals surface area contributed by atoms with Crippen LogP contribution in [-0.2, 0) is 16.7 Å². The average molecular weight is 542 g/mol. The van der Waals surface area contributed by atoms with Gasteiger partial charge in [-0.05, 0) is 55.9 Å². The molecule has 2 aromatic carbocycles. The van der Waals surface area contributed by atoms with Crippen molar-refractivity contribution in [3.8, 4) is 0 Å². The highest BCUT2D eigenvalue weighted by Gasteiger charge is 2.36. The van der Waals surface area contributed by atoms with Gasteiger partial charge in [0.25, 0.3) is 11.8 Å².